The number of fused-ring (bicyclic) bond motifs is 1. The highest BCUT2D eigenvalue weighted by Gasteiger charge is 2.16. The fourth-order valence-corrected chi connectivity index (χ4v) is 3.56. The average Bonchev–Trinajstić information content (AvgIpc) is 3.00. The van der Waals surface area contributed by atoms with Crippen LogP contribution in [-0.4, -0.2) is 21.1 Å². The van der Waals surface area contributed by atoms with Gasteiger partial charge in [-0.2, -0.15) is 0 Å². The van der Waals surface area contributed by atoms with Crippen LogP contribution in [-0.2, 0) is 4.79 Å². The Kier molecular flexibility index (Phi) is 4.40. The van der Waals surface area contributed by atoms with Crippen molar-refractivity contribution in [3.63, 3.8) is 0 Å². The molecule has 6 heteroatoms. The second-order valence-corrected chi connectivity index (χ2v) is 7.14. The number of nitrogens with zero attached hydrogens (tertiary/aromatic N) is 2. The van der Waals surface area contributed by atoms with Crippen LogP contribution in [0, 0.1) is 6.92 Å². The normalized spacial score (nSPS) is 12.3. The largest absolute Gasteiger partial charge is 0.301 e. The highest BCUT2D eigenvalue weighted by Crippen LogP contribution is 2.27. The Hall–Kier alpha value is -1.92. The van der Waals surface area contributed by atoms with Crippen LogP contribution in [0.5, 0.6) is 0 Å². The molecule has 0 saturated heterocycles. The maximum absolute atomic E-state index is 12.2. The van der Waals surface area contributed by atoms with Crippen LogP contribution in [0.1, 0.15) is 12.5 Å². The lowest BCUT2D eigenvalue weighted by Crippen LogP contribution is -2.22. The van der Waals surface area contributed by atoms with Crippen LogP contribution in [0.3, 0.4) is 0 Å². The number of hydrogen-bond acceptors (Lipinski definition) is 5. The van der Waals surface area contributed by atoms with Crippen molar-refractivity contribution in [1.82, 2.24) is 9.97 Å². The topological polar surface area (TPSA) is 54.9 Å². The van der Waals surface area contributed by atoms with Crippen molar-refractivity contribution in [1.29, 1.82) is 0 Å². The van der Waals surface area contributed by atoms with Gasteiger partial charge in [-0.05, 0) is 31.5 Å². The van der Waals surface area contributed by atoms with E-state index in [9.17, 15) is 4.79 Å². The molecule has 3 rings (SSSR count). The zero-order valence-electron chi connectivity index (χ0n) is 12.2. The molecule has 0 radical (unpaired) electrons. The third-order valence-electron chi connectivity index (χ3n) is 3.23. The molecule has 22 heavy (non-hydrogen) atoms. The van der Waals surface area contributed by atoms with Gasteiger partial charge in [0.1, 0.15) is 0 Å². The average molecular weight is 329 g/mol. The Morgan fingerprint density at radius 2 is 2.18 bits per heavy atom. The first-order chi connectivity index (χ1) is 10.6. The Morgan fingerprint density at radius 3 is 2.95 bits per heavy atom. The number of nitrogens with one attached hydrogen (secondary N) is 1. The van der Waals surface area contributed by atoms with E-state index in [4.69, 9.17) is 0 Å². The first-order valence-electron chi connectivity index (χ1n) is 6.87. The monoisotopic (exact) mass is 329 g/mol. The number of anilines is 1. The van der Waals surface area contributed by atoms with Crippen molar-refractivity contribution in [2.24, 2.45) is 0 Å². The van der Waals surface area contributed by atoms with Gasteiger partial charge in [-0.1, -0.05) is 30.0 Å². The summed E-state index contributed by atoms with van der Waals surface area (Å²) in [6.45, 7) is 3.94. The van der Waals surface area contributed by atoms with Gasteiger partial charge in [-0.25, -0.2) is 9.97 Å². The van der Waals surface area contributed by atoms with Crippen LogP contribution in [0.4, 0.5) is 5.13 Å². The highest BCUT2D eigenvalue weighted by molar-refractivity contribution is 8.00. The maximum Gasteiger partial charge on any atom is 0.239 e. The van der Waals surface area contributed by atoms with E-state index in [1.807, 2.05) is 36.6 Å². The van der Waals surface area contributed by atoms with E-state index >= 15 is 0 Å². The SMILES string of the molecule is Cc1cc(SC(C)C(=O)Nc2nccs2)nc2ccccc12. The Labute approximate surface area is 137 Å². The predicted octanol–water partition coefficient (Wildman–Crippen LogP) is 4.12. The minimum atomic E-state index is -0.239. The van der Waals surface area contributed by atoms with E-state index in [-0.39, 0.29) is 11.2 Å². The number of thioether (sulfide) groups is 1. The number of rotatable bonds is 4. The number of benzene rings is 1. The van der Waals surface area contributed by atoms with Crippen LogP contribution in [0.2, 0.25) is 0 Å². The van der Waals surface area contributed by atoms with Crippen LogP contribution < -0.4 is 5.32 Å². The van der Waals surface area contributed by atoms with Gasteiger partial charge in [-0.3, -0.25) is 4.79 Å². The molecule has 1 atom stereocenters. The molecule has 2 heterocycles. The summed E-state index contributed by atoms with van der Waals surface area (Å²) in [7, 11) is 0. The lowest BCUT2D eigenvalue weighted by atomic mass is 10.1. The number of aryl methyl sites for hydroxylation is 1. The Bertz CT molecular complexity index is 802. The molecule has 1 aromatic carbocycles. The number of aromatic nitrogens is 2. The van der Waals surface area contributed by atoms with E-state index in [0.717, 1.165) is 15.9 Å². The van der Waals surface area contributed by atoms with Crippen molar-refractivity contribution < 1.29 is 4.79 Å². The number of carbonyl (C=O) groups is 1. The zero-order valence-corrected chi connectivity index (χ0v) is 13.9. The van der Waals surface area contributed by atoms with Crippen molar-refractivity contribution in [2.45, 2.75) is 24.1 Å². The van der Waals surface area contributed by atoms with Gasteiger partial charge < -0.3 is 5.32 Å². The van der Waals surface area contributed by atoms with Crippen LogP contribution in [0.15, 0.2) is 46.9 Å². The zero-order chi connectivity index (χ0) is 15.5. The van der Waals surface area contributed by atoms with Gasteiger partial charge in [0.15, 0.2) is 5.13 Å². The number of hydrogen-bond donors (Lipinski definition) is 1. The summed E-state index contributed by atoms with van der Waals surface area (Å²) in [5, 5.41) is 7.04. The fraction of sp³-hybridized carbons (Fsp3) is 0.188. The lowest BCUT2D eigenvalue weighted by molar-refractivity contribution is -0.115. The second kappa shape index (κ2) is 6.46. The van der Waals surface area contributed by atoms with Gasteiger partial charge in [0, 0.05) is 17.0 Å². The van der Waals surface area contributed by atoms with E-state index in [1.165, 1.54) is 28.7 Å². The predicted molar refractivity (Wildman–Crippen MR) is 92.5 cm³/mol. The first kappa shape index (κ1) is 15.0. The molecule has 3 aromatic rings. The summed E-state index contributed by atoms with van der Waals surface area (Å²) in [4.78, 5) is 20.9. The summed E-state index contributed by atoms with van der Waals surface area (Å²) in [5.41, 5.74) is 2.12. The fourth-order valence-electron chi connectivity index (χ4n) is 2.11. The third-order valence-corrected chi connectivity index (χ3v) is 4.94. The van der Waals surface area contributed by atoms with Crippen molar-refractivity contribution in [3.05, 3.63) is 47.5 Å². The van der Waals surface area contributed by atoms with Gasteiger partial charge in [0.2, 0.25) is 5.91 Å². The van der Waals surface area contributed by atoms with E-state index < -0.39 is 0 Å². The molecule has 112 valence electrons. The molecule has 2 aromatic heterocycles. The molecule has 0 spiro atoms. The molecule has 1 unspecified atom stereocenters. The highest BCUT2D eigenvalue weighted by atomic mass is 32.2. The summed E-state index contributed by atoms with van der Waals surface area (Å²) in [6, 6.07) is 10.1. The summed E-state index contributed by atoms with van der Waals surface area (Å²) in [6.07, 6.45) is 1.67. The van der Waals surface area contributed by atoms with Crippen molar-refractivity contribution in [3.8, 4) is 0 Å². The van der Waals surface area contributed by atoms with Crippen molar-refractivity contribution >= 4 is 45.0 Å². The third kappa shape index (κ3) is 3.28. The molecule has 1 N–H and O–H groups in total. The molecular formula is C16H15N3OS2. The summed E-state index contributed by atoms with van der Waals surface area (Å²) in [5.74, 6) is -0.0624. The molecular weight excluding hydrogens is 314 g/mol. The maximum atomic E-state index is 12.2. The quantitative estimate of drug-likeness (QED) is 0.732. The second-order valence-electron chi connectivity index (χ2n) is 4.88. The van der Waals surface area contributed by atoms with E-state index in [1.54, 1.807) is 6.20 Å². The molecule has 0 saturated carbocycles. The number of para-hydroxylation sites is 1. The number of amides is 1. The standard InChI is InChI=1S/C16H15N3OS2/c1-10-9-14(18-13-6-4-3-5-12(10)13)22-11(2)15(20)19-16-17-7-8-21-16/h3-9,11H,1-2H3,(H,17,19,20). The molecule has 4 nitrogen and oxygen atoms in total. The minimum Gasteiger partial charge on any atom is -0.301 e. The Morgan fingerprint density at radius 1 is 1.36 bits per heavy atom. The van der Waals surface area contributed by atoms with Gasteiger partial charge in [0.25, 0.3) is 0 Å². The van der Waals surface area contributed by atoms with E-state index in [2.05, 4.69) is 28.3 Å². The smallest absolute Gasteiger partial charge is 0.239 e. The molecule has 0 fully saturated rings. The number of carbonyl (C=O) groups excluding carboxylic acids is 1. The molecule has 0 aliphatic heterocycles. The number of thiazole rings is 1. The lowest BCUT2D eigenvalue weighted by Gasteiger charge is -2.11. The molecule has 0 bridgehead atoms. The first-order valence-corrected chi connectivity index (χ1v) is 8.63. The minimum absolute atomic E-state index is 0.0624. The van der Waals surface area contributed by atoms with Gasteiger partial charge in [-0.15, -0.1) is 11.3 Å². The number of pyridine rings is 1. The van der Waals surface area contributed by atoms with Gasteiger partial charge in [0.05, 0.1) is 15.8 Å². The van der Waals surface area contributed by atoms with Crippen LogP contribution in [0.25, 0.3) is 10.9 Å². The van der Waals surface area contributed by atoms with Gasteiger partial charge >= 0.3 is 0 Å². The summed E-state index contributed by atoms with van der Waals surface area (Å²) < 4.78 is 0. The molecule has 0 aliphatic rings. The molecule has 1 amide bonds. The molecule has 0 aliphatic carbocycles. The summed E-state index contributed by atoms with van der Waals surface area (Å²) >= 11 is 2.87. The van der Waals surface area contributed by atoms with E-state index in [0.29, 0.717) is 5.13 Å². The Balaban J connectivity index is 1.76. The van der Waals surface area contributed by atoms with Crippen LogP contribution >= 0.6 is 23.1 Å². The van der Waals surface area contributed by atoms with Crippen molar-refractivity contribution in [2.75, 3.05) is 5.32 Å².